The van der Waals surface area contributed by atoms with Gasteiger partial charge in [0.25, 0.3) is 0 Å². The average Bonchev–Trinajstić information content (AvgIpc) is 2.81. The van der Waals surface area contributed by atoms with Crippen LogP contribution in [0, 0.1) is 6.92 Å². The van der Waals surface area contributed by atoms with Crippen molar-refractivity contribution in [3.63, 3.8) is 0 Å². The van der Waals surface area contributed by atoms with E-state index in [-0.39, 0.29) is 5.56 Å². The monoisotopic (exact) mass is 235 g/mol. The van der Waals surface area contributed by atoms with E-state index in [9.17, 15) is 4.79 Å². The molecule has 0 fully saturated rings. The van der Waals surface area contributed by atoms with Crippen LogP contribution >= 0.6 is 0 Å². The minimum absolute atomic E-state index is 0.208. The Morgan fingerprint density at radius 1 is 1.53 bits per heavy atom. The molecule has 6 heteroatoms. The van der Waals surface area contributed by atoms with Crippen LogP contribution in [0.15, 0.2) is 12.4 Å². The third-order valence-corrected chi connectivity index (χ3v) is 2.61. The molecule has 90 valence electrons. The van der Waals surface area contributed by atoms with Crippen LogP contribution in [-0.4, -0.2) is 33.0 Å². The lowest BCUT2D eigenvalue weighted by Crippen LogP contribution is -1.98. The van der Waals surface area contributed by atoms with Gasteiger partial charge in [0.2, 0.25) is 5.88 Å². The van der Waals surface area contributed by atoms with Crippen LogP contribution in [0.5, 0.6) is 5.88 Å². The quantitative estimate of drug-likeness (QED) is 0.843. The van der Waals surface area contributed by atoms with E-state index in [1.807, 2.05) is 6.92 Å². The second-order valence-corrected chi connectivity index (χ2v) is 3.68. The molecule has 0 aliphatic heterocycles. The van der Waals surface area contributed by atoms with Crippen molar-refractivity contribution in [3.8, 4) is 17.0 Å². The van der Waals surface area contributed by atoms with Gasteiger partial charge in [-0.25, -0.2) is 9.48 Å². The van der Waals surface area contributed by atoms with Crippen molar-refractivity contribution in [2.45, 2.75) is 6.92 Å². The minimum atomic E-state index is -0.980. The number of aromatic nitrogens is 3. The second kappa shape index (κ2) is 3.97. The molecule has 2 aromatic heterocycles. The summed E-state index contributed by atoms with van der Waals surface area (Å²) in [5.74, 6) is -0.434. The number of rotatable bonds is 3. The molecule has 0 unspecified atom stereocenters. The molecule has 2 rings (SSSR count). The predicted molar refractivity (Wildman–Crippen MR) is 61.2 cm³/mol. The number of hydrogen-bond acceptors (Lipinski definition) is 3. The molecule has 0 atom stereocenters. The lowest BCUT2D eigenvalue weighted by atomic mass is 10.1. The van der Waals surface area contributed by atoms with Crippen molar-refractivity contribution in [2.24, 2.45) is 7.05 Å². The van der Waals surface area contributed by atoms with Crippen LogP contribution < -0.4 is 4.74 Å². The number of hydrogen-bond donors (Lipinski definition) is 2. The number of aryl methyl sites for hydroxylation is 2. The molecular weight excluding hydrogens is 222 g/mol. The van der Waals surface area contributed by atoms with Crippen molar-refractivity contribution in [3.05, 3.63) is 23.7 Å². The Morgan fingerprint density at radius 2 is 2.24 bits per heavy atom. The maximum Gasteiger partial charge on any atom is 0.337 e. The number of carboxylic acid groups (broad SMARTS) is 1. The Hall–Kier alpha value is -2.24. The summed E-state index contributed by atoms with van der Waals surface area (Å²) < 4.78 is 6.84. The van der Waals surface area contributed by atoms with Gasteiger partial charge in [-0.15, -0.1) is 0 Å². The number of H-pyrrole nitrogens is 1. The number of aromatic amines is 1. The summed E-state index contributed by atoms with van der Waals surface area (Å²) in [5, 5.41) is 13.3. The van der Waals surface area contributed by atoms with Gasteiger partial charge < -0.3 is 14.8 Å². The molecule has 2 heterocycles. The number of ether oxygens (including phenoxy) is 1. The zero-order valence-electron chi connectivity index (χ0n) is 9.81. The summed E-state index contributed by atoms with van der Waals surface area (Å²) in [6.07, 6.45) is 3.08. The summed E-state index contributed by atoms with van der Waals surface area (Å²) in [6, 6.07) is 0. The molecule has 0 aliphatic rings. The smallest absolute Gasteiger partial charge is 0.337 e. The van der Waals surface area contributed by atoms with E-state index in [0.29, 0.717) is 17.0 Å². The topological polar surface area (TPSA) is 80.1 Å². The Balaban J connectivity index is 2.68. The molecule has 0 radical (unpaired) electrons. The van der Waals surface area contributed by atoms with E-state index in [1.54, 1.807) is 17.9 Å². The first-order valence-electron chi connectivity index (χ1n) is 5.04. The van der Waals surface area contributed by atoms with Crippen LogP contribution in [0.1, 0.15) is 16.1 Å². The van der Waals surface area contributed by atoms with E-state index in [4.69, 9.17) is 9.84 Å². The second-order valence-electron chi connectivity index (χ2n) is 3.68. The molecule has 17 heavy (non-hydrogen) atoms. The van der Waals surface area contributed by atoms with Gasteiger partial charge in [-0.1, -0.05) is 0 Å². The van der Waals surface area contributed by atoms with Gasteiger partial charge >= 0.3 is 5.97 Å². The van der Waals surface area contributed by atoms with E-state index >= 15 is 0 Å². The maximum atomic E-state index is 11.1. The molecule has 0 saturated heterocycles. The van der Waals surface area contributed by atoms with Gasteiger partial charge in [-0.3, -0.25) is 0 Å². The summed E-state index contributed by atoms with van der Waals surface area (Å²) in [7, 11) is 3.29. The Labute approximate surface area is 97.8 Å². The largest absolute Gasteiger partial charge is 0.481 e. The van der Waals surface area contributed by atoms with Gasteiger partial charge in [0.05, 0.1) is 23.9 Å². The van der Waals surface area contributed by atoms with Gasteiger partial charge in [-0.2, -0.15) is 5.10 Å². The van der Waals surface area contributed by atoms with E-state index in [2.05, 4.69) is 10.1 Å². The fourth-order valence-electron chi connectivity index (χ4n) is 1.93. The van der Waals surface area contributed by atoms with Gasteiger partial charge in [0.15, 0.2) is 0 Å². The number of carboxylic acids is 1. The highest BCUT2D eigenvalue weighted by Crippen LogP contribution is 2.34. The van der Waals surface area contributed by atoms with Crippen LogP contribution in [0.25, 0.3) is 11.1 Å². The first kappa shape index (κ1) is 11.3. The molecule has 0 aliphatic carbocycles. The number of methoxy groups -OCH3 is 1. The highest BCUT2D eigenvalue weighted by Gasteiger charge is 2.21. The van der Waals surface area contributed by atoms with Crippen LogP contribution in [0.3, 0.4) is 0 Å². The fraction of sp³-hybridized carbons (Fsp3) is 0.273. The fourth-order valence-corrected chi connectivity index (χ4v) is 1.93. The summed E-state index contributed by atoms with van der Waals surface area (Å²) >= 11 is 0. The van der Waals surface area contributed by atoms with Gasteiger partial charge in [-0.05, 0) is 6.92 Å². The minimum Gasteiger partial charge on any atom is -0.481 e. The molecule has 0 aromatic carbocycles. The zero-order chi connectivity index (χ0) is 12.6. The lowest BCUT2D eigenvalue weighted by molar-refractivity contribution is 0.0698. The molecule has 2 aromatic rings. The molecule has 6 nitrogen and oxygen atoms in total. The van der Waals surface area contributed by atoms with Crippen molar-refractivity contribution < 1.29 is 14.6 Å². The third-order valence-electron chi connectivity index (χ3n) is 2.61. The third kappa shape index (κ3) is 1.67. The molecular formula is C11H13N3O3. The summed E-state index contributed by atoms with van der Waals surface area (Å²) in [4.78, 5) is 13.9. The van der Waals surface area contributed by atoms with Crippen molar-refractivity contribution in [1.29, 1.82) is 0 Å². The Kier molecular flexibility index (Phi) is 2.63. The highest BCUT2D eigenvalue weighted by molar-refractivity contribution is 5.97. The van der Waals surface area contributed by atoms with E-state index in [1.165, 1.54) is 13.3 Å². The number of nitrogens with zero attached hydrogens (tertiary/aromatic N) is 2. The van der Waals surface area contributed by atoms with E-state index < -0.39 is 5.97 Å². The Bertz CT molecular complexity index is 569. The maximum absolute atomic E-state index is 11.1. The lowest BCUT2D eigenvalue weighted by Gasteiger charge is -2.04. The Morgan fingerprint density at radius 3 is 2.82 bits per heavy atom. The molecule has 0 saturated carbocycles. The molecule has 0 bridgehead atoms. The highest BCUT2D eigenvalue weighted by atomic mass is 16.5. The van der Waals surface area contributed by atoms with Crippen LogP contribution in [-0.2, 0) is 7.05 Å². The van der Waals surface area contributed by atoms with Crippen molar-refractivity contribution >= 4 is 5.97 Å². The number of aromatic carboxylic acids is 1. The van der Waals surface area contributed by atoms with Gasteiger partial charge in [0, 0.05) is 25.0 Å². The number of carbonyl (C=O) groups is 1. The molecule has 0 amide bonds. The van der Waals surface area contributed by atoms with E-state index in [0.717, 1.165) is 5.69 Å². The standard InChI is InChI=1S/C11H13N3O3/c1-6-9(10(17-3)14(2)13-6)7-4-12-5-8(7)11(15)16/h4-5,12H,1-3H3,(H,15,16). The molecule has 0 spiro atoms. The predicted octanol–water partition coefficient (Wildman–Crippen LogP) is 1.43. The average molecular weight is 235 g/mol. The van der Waals surface area contributed by atoms with Crippen LogP contribution in [0.2, 0.25) is 0 Å². The zero-order valence-corrected chi connectivity index (χ0v) is 9.81. The van der Waals surface area contributed by atoms with Gasteiger partial charge in [0.1, 0.15) is 0 Å². The first-order chi connectivity index (χ1) is 8.06. The van der Waals surface area contributed by atoms with Crippen LogP contribution in [0.4, 0.5) is 0 Å². The van der Waals surface area contributed by atoms with Crippen molar-refractivity contribution in [1.82, 2.24) is 14.8 Å². The number of nitrogens with one attached hydrogen (secondary N) is 1. The SMILES string of the molecule is COc1c(-c2c[nH]cc2C(=O)O)c(C)nn1C. The normalized spacial score (nSPS) is 10.5. The summed E-state index contributed by atoms with van der Waals surface area (Å²) in [6.45, 7) is 1.82. The summed E-state index contributed by atoms with van der Waals surface area (Å²) in [5.41, 5.74) is 2.22. The molecule has 2 N–H and O–H groups in total. The van der Waals surface area contributed by atoms with Crippen molar-refractivity contribution in [2.75, 3.05) is 7.11 Å². The first-order valence-corrected chi connectivity index (χ1v) is 5.04.